The molecule has 0 rings (SSSR count). The summed E-state index contributed by atoms with van der Waals surface area (Å²) in [4.78, 5) is 60.8. The molecule has 0 saturated carbocycles. The van der Waals surface area contributed by atoms with Gasteiger partial charge >= 0.3 is 11.9 Å². The van der Waals surface area contributed by atoms with Crippen LogP contribution in [-0.2, 0) is 24.0 Å². The minimum atomic E-state index is -1.21. The van der Waals surface area contributed by atoms with Crippen LogP contribution in [0.25, 0.3) is 0 Å². The lowest BCUT2D eigenvalue weighted by Crippen LogP contribution is -2.57. The standard InChI is InChI=1S/C22H40N4O7S/c1-12(2)10-14(23)19(29)24-15(6-7-18(27)28)20(30)26-17(11-13(3)4)21(31)25-16(22(32)33)8-9-34-5/h12-17H,6-11,23H2,1-5H3,(H,24,29)(H,25,31)(H,26,30)(H,27,28)(H,32,33). The molecular weight excluding hydrogens is 464 g/mol. The normalized spacial score (nSPS) is 14.7. The van der Waals surface area contributed by atoms with Crippen LogP contribution in [0.2, 0.25) is 0 Å². The molecule has 4 atom stereocenters. The van der Waals surface area contributed by atoms with E-state index in [2.05, 4.69) is 16.0 Å². The van der Waals surface area contributed by atoms with Gasteiger partial charge in [0.05, 0.1) is 6.04 Å². The van der Waals surface area contributed by atoms with E-state index in [1.807, 2.05) is 34.0 Å². The van der Waals surface area contributed by atoms with E-state index in [0.717, 1.165) is 0 Å². The molecule has 0 spiro atoms. The molecule has 34 heavy (non-hydrogen) atoms. The molecule has 0 aliphatic rings. The van der Waals surface area contributed by atoms with Crippen LogP contribution in [0.1, 0.15) is 59.8 Å². The van der Waals surface area contributed by atoms with Gasteiger partial charge in [-0.15, -0.1) is 0 Å². The number of rotatable bonds is 17. The molecule has 3 amide bonds. The van der Waals surface area contributed by atoms with E-state index >= 15 is 0 Å². The quantitative estimate of drug-likeness (QED) is 0.164. The molecule has 0 aliphatic heterocycles. The van der Waals surface area contributed by atoms with Crippen LogP contribution in [0.3, 0.4) is 0 Å². The van der Waals surface area contributed by atoms with E-state index in [1.54, 1.807) is 0 Å². The van der Waals surface area contributed by atoms with E-state index in [4.69, 9.17) is 10.8 Å². The average Bonchev–Trinajstić information content (AvgIpc) is 2.71. The lowest BCUT2D eigenvalue weighted by molar-refractivity contribution is -0.142. The first-order valence-electron chi connectivity index (χ1n) is 11.4. The van der Waals surface area contributed by atoms with Crippen molar-refractivity contribution < 1.29 is 34.2 Å². The summed E-state index contributed by atoms with van der Waals surface area (Å²) in [5.74, 6) is -3.66. The van der Waals surface area contributed by atoms with Crippen LogP contribution in [-0.4, -0.2) is 76.0 Å². The maximum Gasteiger partial charge on any atom is 0.326 e. The van der Waals surface area contributed by atoms with Crippen molar-refractivity contribution in [2.75, 3.05) is 12.0 Å². The van der Waals surface area contributed by atoms with Gasteiger partial charge in [0.2, 0.25) is 17.7 Å². The molecule has 0 aromatic carbocycles. The van der Waals surface area contributed by atoms with Gasteiger partial charge in [-0.2, -0.15) is 11.8 Å². The lowest BCUT2D eigenvalue weighted by atomic mass is 10.0. The van der Waals surface area contributed by atoms with Gasteiger partial charge in [0.15, 0.2) is 0 Å². The van der Waals surface area contributed by atoms with Gasteiger partial charge in [0.25, 0.3) is 0 Å². The molecule has 0 fully saturated rings. The largest absolute Gasteiger partial charge is 0.481 e. The number of nitrogens with two attached hydrogens (primary N) is 1. The highest BCUT2D eigenvalue weighted by Gasteiger charge is 2.31. The summed E-state index contributed by atoms with van der Waals surface area (Å²) >= 11 is 1.44. The highest BCUT2D eigenvalue weighted by Crippen LogP contribution is 2.09. The molecule has 0 aliphatic carbocycles. The Balaban J connectivity index is 5.52. The number of amides is 3. The number of carboxylic acids is 2. The van der Waals surface area contributed by atoms with Crippen molar-refractivity contribution >= 4 is 41.4 Å². The van der Waals surface area contributed by atoms with E-state index in [-0.39, 0.29) is 37.5 Å². The average molecular weight is 505 g/mol. The van der Waals surface area contributed by atoms with Gasteiger partial charge in [0, 0.05) is 6.42 Å². The summed E-state index contributed by atoms with van der Waals surface area (Å²) in [6.07, 6.45) is 2.07. The van der Waals surface area contributed by atoms with Crippen molar-refractivity contribution in [1.82, 2.24) is 16.0 Å². The molecule has 0 aromatic rings. The number of hydrogen-bond acceptors (Lipinski definition) is 7. The number of thioether (sulfide) groups is 1. The fraction of sp³-hybridized carbons (Fsp3) is 0.773. The van der Waals surface area contributed by atoms with Gasteiger partial charge < -0.3 is 31.9 Å². The number of carboxylic acid groups (broad SMARTS) is 2. The third-order valence-corrected chi connectivity index (χ3v) is 5.55. The minimum absolute atomic E-state index is 0.0166. The second-order valence-corrected chi connectivity index (χ2v) is 10.1. The molecule has 0 heterocycles. The van der Waals surface area contributed by atoms with Gasteiger partial charge in [-0.25, -0.2) is 4.79 Å². The Labute approximate surface area is 205 Å². The Hall–Kier alpha value is -2.34. The summed E-state index contributed by atoms with van der Waals surface area (Å²) in [6, 6.07) is -4.25. The first kappa shape index (κ1) is 31.7. The number of carbonyl (C=O) groups is 5. The second-order valence-electron chi connectivity index (χ2n) is 9.10. The molecule has 7 N–H and O–H groups in total. The smallest absolute Gasteiger partial charge is 0.326 e. The van der Waals surface area contributed by atoms with E-state index in [0.29, 0.717) is 12.2 Å². The molecule has 4 unspecified atom stereocenters. The van der Waals surface area contributed by atoms with Crippen LogP contribution in [0.15, 0.2) is 0 Å². The molecule has 0 radical (unpaired) electrons. The second kappa shape index (κ2) is 16.3. The topological polar surface area (TPSA) is 188 Å². The fourth-order valence-corrected chi connectivity index (χ4v) is 3.64. The Morgan fingerprint density at radius 2 is 1.26 bits per heavy atom. The summed E-state index contributed by atoms with van der Waals surface area (Å²) < 4.78 is 0. The van der Waals surface area contributed by atoms with Crippen molar-refractivity contribution in [1.29, 1.82) is 0 Å². The number of aliphatic carboxylic acids is 2. The zero-order valence-corrected chi connectivity index (χ0v) is 21.4. The predicted octanol–water partition coefficient (Wildman–Crippen LogP) is 0.563. The van der Waals surface area contributed by atoms with Gasteiger partial charge in [-0.1, -0.05) is 27.7 Å². The Bertz CT molecular complexity index is 703. The lowest BCUT2D eigenvalue weighted by Gasteiger charge is -2.26. The van der Waals surface area contributed by atoms with Crippen LogP contribution in [0, 0.1) is 11.8 Å². The molecule has 11 nitrogen and oxygen atoms in total. The molecule has 0 aromatic heterocycles. The molecule has 0 saturated heterocycles. The zero-order valence-electron chi connectivity index (χ0n) is 20.6. The Morgan fingerprint density at radius 3 is 1.74 bits per heavy atom. The van der Waals surface area contributed by atoms with Gasteiger partial charge in [0.1, 0.15) is 18.1 Å². The summed E-state index contributed by atoms with van der Waals surface area (Å²) in [6.45, 7) is 7.45. The first-order chi connectivity index (χ1) is 15.8. The zero-order chi connectivity index (χ0) is 26.4. The molecule has 196 valence electrons. The maximum absolute atomic E-state index is 13.0. The Kier molecular flexibility index (Phi) is 15.2. The van der Waals surface area contributed by atoms with Crippen LogP contribution in [0.4, 0.5) is 0 Å². The maximum atomic E-state index is 13.0. The third kappa shape index (κ3) is 13.4. The first-order valence-corrected chi connectivity index (χ1v) is 12.8. The molecule has 12 heteroatoms. The summed E-state index contributed by atoms with van der Waals surface area (Å²) in [7, 11) is 0. The fourth-order valence-electron chi connectivity index (χ4n) is 3.17. The van der Waals surface area contributed by atoms with Gasteiger partial charge in [-0.3, -0.25) is 19.2 Å². The van der Waals surface area contributed by atoms with Crippen molar-refractivity contribution in [3.05, 3.63) is 0 Å². The van der Waals surface area contributed by atoms with Crippen molar-refractivity contribution in [3.8, 4) is 0 Å². The number of hydrogen-bond donors (Lipinski definition) is 6. The van der Waals surface area contributed by atoms with E-state index < -0.39 is 53.8 Å². The minimum Gasteiger partial charge on any atom is -0.481 e. The summed E-state index contributed by atoms with van der Waals surface area (Å²) in [5.41, 5.74) is 5.88. The van der Waals surface area contributed by atoms with Crippen LogP contribution < -0.4 is 21.7 Å². The number of nitrogens with one attached hydrogen (secondary N) is 3. The summed E-state index contributed by atoms with van der Waals surface area (Å²) in [5, 5.41) is 25.9. The highest BCUT2D eigenvalue weighted by molar-refractivity contribution is 7.98. The predicted molar refractivity (Wildman–Crippen MR) is 130 cm³/mol. The third-order valence-electron chi connectivity index (χ3n) is 4.91. The van der Waals surface area contributed by atoms with Crippen molar-refractivity contribution in [2.24, 2.45) is 17.6 Å². The van der Waals surface area contributed by atoms with Crippen LogP contribution in [0.5, 0.6) is 0 Å². The van der Waals surface area contributed by atoms with Crippen molar-refractivity contribution in [3.63, 3.8) is 0 Å². The monoisotopic (exact) mass is 504 g/mol. The molecule has 0 bridgehead atoms. The highest BCUT2D eigenvalue weighted by atomic mass is 32.2. The number of carbonyl (C=O) groups excluding carboxylic acids is 3. The van der Waals surface area contributed by atoms with Crippen molar-refractivity contribution in [2.45, 2.75) is 84.0 Å². The van der Waals surface area contributed by atoms with E-state index in [9.17, 15) is 29.1 Å². The van der Waals surface area contributed by atoms with Crippen LogP contribution >= 0.6 is 11.8 Å². The SMILES string of the molecule is CSCCC(NC(=O)C(CC(C)C)NC(=O)C(CCC(=O)O)NC(=O)C(N)CC(C)C)C(=O)O. The Morgan fingerprint density at radius 1 is 0.765 bits per heavy atom. The van der Waals surface area contributed by atoms with Gasteiger partial charge in [-0.05, 0) is 49.5 Å². The van der Waals surface area contributed by atoms with E-state index in [1.165, 1.54) is 11.8 Å². The molecular formula is C22H40N4O7S.